The number of esters is 2. The van der Waals surface area contributed by atoms with Crippen molar-refractivity contribution in [2.24, 2.45) is 23.2 Å². The Labute approximate surface area is 143 Å². The molecule has 1 N–H and O–H groups in total. The summed E-state index contributed by atoms with van der Waals surface area (Å²) in [6.45, 7) is 1.02. The molecule has 4 rings (SSSR count). The number of halogens is 2. The van der Waals surface area contributed by atoms with E-state index in [-0.39, 0.29) is 30.5 Å². The van der Waals surface area contributed by atoms with E-state index in [0.717, 1.165) is 12.8 Å². The van der Waals surface area contributed by atoms with Gasteiger partial charge in [0.1, 0.15) is 6.10 Å². The standard InChI is InChI=1S/C15H20F2O7S/c1-8(18)24-12-10-2-9-3-11(12)6-14(4-9,5-10)7-23-13(19)15(16,17)25(20,21)22/h9-12H,2-7H2,1H3,(H,20,21,22). The van der Waals surface area contributed by atoms with Crippen LogP contribution in [0.1, 0.15) is 39.0 Å². The van der Waals surface area contributed by atoms with E-state index in [9.17, 15) is 26.8 Å². The molecule has 4 fully saturated rings. The molecule has 0 radical (unpaired) electrons. The maximum absolute atomic E-state index is 13.3. The monoisotopic (exact) mass is 382 g/mol. The number of carbonyl (C=O) groups excluding carboxylic acids is 2. The number of alkyl halides is 2. The van der Waals surface area contributed by atoms with Crippen LogP contribution in [0.15, 0.2) is 0 Å². The van der Waals surface area contributed by atoms with Crippen LogP contribution in [0.3, 0.4) is 0 Å². The van der Waals surface area contributed by atoms with Crippen LogP contribution in [0.2, 0.25) is 0 Å². The van der Waals surface area contributed by atoms with Crippen LogP contribution in [0.5, 0.6) is 0 Å². The average molecular weight is 382 g/mol. The molecular formula is C15H20F2O7S. The van der Waals surface area contributed by atoms with Crippen LogP contribution in [0.25, 0.3) is 0 Å². The summed E-state index contributed by atoms with van der Waals surface area (Å²) < 4.78 is 66.4. The van der Waals surface area contributed by atoms with Crippen LogP contribution in [0.4, 0.5) is 8.78 Å². The van der Waals surface area contributed by atoms with Crippen LogP contribution in [0, 0.1) is 23.2 Å². The summed E-state index contributed by atoms with van der Waals surface area (Å²) in [5.74, 6) is -2.08. The second-order valence-corrected chi connectivity index (χ2v) is 9.07. The molecule has 4 saturated carbocycles. The van der Waals surface area contributed by atoms with Gasteiger partial charge in [-0.15, -0.1) is 0 Å². The Kier molecular flexibility index (Phi) is 4.34. The van der Waals surface area contributed by atoms with E-state index in [1.165, 1.54) is 6.92 Å². The minimum Gasteiger partial charge on any atom is -0.462 e. The first-order valence-electron chi connectivity index (χ1n) is 8.13. The Morgan fingerprint density at radius 1 is 1.20 bits per heavy atom. The third-order valence-corrected chi connectivity index (χ3v) is 6.50. The van der Waals surface area contributed by atoms with Crippen LogP contribution < -0.4 is 0 Å². The molecule has 0 aromatic heterocycles. The van der Waals surface area contributed by atoms with Crippen molar-refractivity contribution in [2.75, 3.05) is 6.61 Å². The number of hydrogen-bond donors (Lipinski definition) is 1. The van der Waals surface area contributed by atoms with Gasteiger partial charge in [0.25, 0.3) is 0 Å². The highest BCUT2D eigenvalue weighted by Gasteiger charge is 2.59. The first kappa shape index (κ1) is 18.5. The predicted molar refractivity (Wildman–Crippen MR) is 79.0 cm³/mol. The molecular weight excluding hydrogens is 362 g/mol. The van der Waals surface area contributed by atoms with Gasteiger partial charge in [-0.05, 0) is 49.9 Å². The average Bonchev–Trinajstić information content (AvgIpc) is 2.46. The van der Waals surface area contributed by atoms with E-state index in [1.807, 2.05) is 0 Å². The molecule has 0 amide bonds. The van der Waals surface area contributed by atoms with E-state index in [4.69, 9.17) is 9.29 Å². The van der Waals surface area contributed by atoms with Gasteiger partial charge in [0.05, 0.1) is 6.61 Å². The van der Waals surface area contributed by atoms with Gasteiger partial charge in [0.15, 0.2) is 0 Å². The third kappa shape index (κ3) is 3.25. The SMILES string of the molecule is CC(=O)OC1C2CC3CC1CC(COC(=O)C(F)(F)S(=O)(=O)O)(C3)C2. The zero-order chi connectivity index (χ0) is 18.6. The fraction of sp³-hybridized carbons (Fsp3) is 0.867. The van der Waals surface area contributed by atoms with Crippen molar-refractivity contribution >= 4 is 22.1 Å². The maximum Gasteiger partial charge on any atom is 0.465 e. The smallest absolute Gasteiger partial charge is 0.462 e. The summed E-state index contributed by atoms with van der Waals surface area (Å²) in [6.07, 6.45) is 3.41. The van der Waals surface area contributed by atoms with Crippen molar-refractivity contribution in [3.63, 3.8) is 0 Å². The van der Waals surface area contributed by atoms with Gasteiger partial charge < -0.3 is 9.47 Å². The van der Waals surface area contributed by atoms with Crippen LogP contribution in [-0.4, -0.2) is 42.9 Å². The lowest BCUT2D eigenvalue weighted by Gasteiger charge is -2.59. The molecule has 4 bridgehead atoms. The quantitative estimate of drug-likeness (QED) is 0.570. The summed E-state index contributed by atoms with van der Waals surface area (Å²) in [7, 11) is -5.87. The van der Waals surface area contributed by atoms with Gasteiger partial charge >= 0.3 is 27.3 Å². The lowest BCUT2D eigenvalue weighted by Crippen LogP contribution is -2.56. The normalized spacial score (nSPS) is 37.0. The molecule has 0 saturated heterocycles. The highest BCUT2D eigenvalue weighted by atomic mass is 32.2. The van der Waals surface area contributed by atoms with Gasteiger partial charge in [-0.25, -0.2) is 4.79 Å². The number of hydrogen-bond acceptors (Lipinski definition) is 6. The Hall–Kier alpha value is -1.29. The molecule has 4 aliphatic carbocycles. The second-order valence-electron chi connectivity index (χ2n) is 7.61. The fourth-order valence-electron chi connectivity index (χ4n) is 5.11. The summed E-state index contributed by atoms with van der Waals surface area (Å²) in [5.41, 5.74) is -0.502. The highest BCUT2D eigenvalue weighted by Crippen LogP contribution is 2.60. The van der Waals surface area contributed by atoms with Crippen molar-refractivity contribution in [3.05, 3.63) is 0 Å². The van der Waals surface area contributed by atoms with Crippen molar-refractivity contribution in [2.45, 2.75) is 50.4 Å². The van der Waals surface area contributed by atoms with Crippen molar-refractivity contribution in [3.8, 4) is 0 Å². The Bertz CT molecular complexity index is 674. The minimum atomic E-state index is -5.87. The number of rotatable bonds is 5. The van der Waals surface area contributed by atoms with E-state index < -0.39 is 26.8 Å². The maximum atomic E-state index is 13.3. The Morgan fingerprint density at radius 3 is 2.24 bits per heavy atom. The largest absolute Gasteiger partial charge is 0.465 e. The summed E-state index contributed by atoms with van der Waals surface area (Å²) in [6, 6.07) is 0. The molecule has 142 valence electrons. The highest BCUT2D eigenvalue weighted by molar-refractivity contribution is 7.87. The van der Waals surface area contributed by atoms with E-state index in [2.05, 4.69) is 4.74 Å². The Balaban J connectivity index is 1.69. The first-order chi connectivity index (χ1) is 11.4. The van der Waals surface area contributed by atoms with Crippen molar-refractivity contribution in [1.29, 1.82) is 0 Å². The summed E-state index contributed by atoms with van der Waals surface area (Å²) in [5, 5.41) is -4.98. The fourth-order valence-corrected chi connectivity index (χ4v) is 5.38. The second kappa shape index (κ2) is 5.87. The summed E-state index contributed by atoms with van der Waals surface area (Å²) >= 11 is 0. The topological polar surface area (TPSA) is 107 Å². The lowest BCUT2D eigenvalue weighted by atomic mass is 9.49. The van der Waals surface area contributed by atoms with Gasteiger partial charge in [-0.2, -0.15) is 17.2 Å². The van der Waals surface area contributed by atoms with Crippen molar-refractivity contribution < 1.29 is 40.8 Å². The predicted octanol–water partition coefficient (Wildman–Crippen LogP) is 1.77. The Morgan fingerprint density at radius 2 is 1.76 bits per heavy atom. The van der Waals surface area contributed by atoms with E-state index in [0.29, 0.717) is 25.2 Å². The number of carbonyl (C=O) groups is 2. The molecule has 0 aromatic rings. The van der Waals surface area contributed by atoms with Crippen LogP contribution in [-0.2, 0) is 29.2 Å². The minimum absolute atomic E-state index is 0.0935. The molecule has 0 aromatic carbocycles. The molecule has 0 heterocycles. The molecule has 2 unspecified atom stereocenters. The van der Waals surface area contributed by atoms with E-state index in [1.54, 1.807) is 0 Å². The molecule has 2 atom stereocenters. The molecule has 0 spiro atoms. The zero-order valence-electron chi connectivity index (χ0n) is 13.6. The molecule has 4 aliphatic rings. The third-order valence-electron chi connectivity index (χ3n) is 5.69. The zero-order valence-corrected chi connectivity index (χ0v) is 14.4. The van der Waals surface area contributed by atoms with E-state index >= 15 is 0 Å². The number of ether oxygens (including phenoxy) is 2. The van der Waals surface area contributed by atoms with Gasteiger partial charge in [0.2, 0.25) is 0 Å². The molecule has 25 heavy (non-hydrogen) atoms. The molecule has 7 nitrogen and oxygen atoms in total. The molecule has 10 heteroatoms. The summed E-state index contributed by atoms with van der Waals surface area (Å²) in [4.78, 5) is 22.7. The van der Waals surface area contributed by atoms with Crippen LogP contribution >= 0.6 is 0 Å². The lowest BCUT2D eigenvalue weighted by molar-refractivity contribution is -0.192. The van der Waals surface area contributed by atoms with Crippen molar-refractivity contribution in [1.82, 2.24) is 0 Å². The first-order valence-corrected chi connectivity index (χ1v) is 9.57. The van der Waals surface area contributed by atoms with Gasteiger partial charge in [-0.3, -0.25) is 9.35 Å². The van der Waals surface area contributed by atoms with Gasteiger partial charge in [-0.1, -0.05) is 0 Å². The van der Waals surface area contributed by atoms with Gasteiger partial charge in [0, 0.05) is 12.3 Å². The molecule has 0 aliphatic heterocycles.